The van der Waals surface area contributed by atoms with Crippen LogP contribution in [0.4, 0.5) is 0 Å². The molecule has 2 unspecified atom stereocenters. The van der Waals surface area contributed by atoms with Crippen LogP contribution >= 0.6 is 22.6 Å². The normalized spacial score (nSPS) is 46.9. The van der Waals surface area contributed by atoms with Crippen LogP contribution in [-0.2, 0) is 9.53 Å². The fraction of sp³-hybridized carbons (Fsp3) is 0.786. The quantitative estimate of drug-likeness (QED) is 0.338. The second kappa shape index (κ2) is 3.97. The lowest BCUT2D eigenvalue weighted by Gasteiger charge is -2.60. The highest BCUT2D eigenvalue weighted by Crippen LogP contribution is 2.64. The van der Waals surface area contributed by atoms with E-state index in [9.17, 15) is 4.79 Å². The third kappa shape index (κ3) is 2.15. The van der Waals surface area contributed by atoms with Gasteiger partial charge in [0.15, 0.2) is 0 Å². The second-order valence-electron chi connectivity index (χ2n) is 6.42. The maximum atomic E-state index is 11.2. The SMILES string of the molecule is C=CC(=O)OCC12CC3CC(CC(I)(C3)C1)C2. The van der Waals surface area contributed by atoms with Crippen LogP contribution in [0.25, 0.3) is 0 Å². The van der Waals surface area contributed by atoms with Crippen LogP contribution in [-0.4, -0.2) is 16.0 Å². The van der Waals surface area contributed by atoms with Gasteiger partial charge in [0.05, 0.1) is 6.61 Å². The summed E-state index contributed by atoms with van der Waals surface area (Å²) in [5.74, 6) is 1.51. The number of hydrogen-bond donors (Lipinski definition) is 0. The standard InChI is InChI=1S/C14H19IO2/c1-2-12(16)17-9-13-4-10-3-11(5-13)7-14(15,6-10)8-13/h2,10-11H,1,3-9H2. The Labute approximate surface area is 116 Å². The predicted octanol–water partition coefficient (Wildman–Crippen LogP) is 3.49. The van der Waals surface area contributed by atoms with Crippen LogP contribution in [0.15, 0.2) is 12.7 Å². The minimum atomic E-state index is -0.261. The molecular formula is C14H19IO2. The number of hydrogen-bond acceptors (Lipinski definition) is 2. The Morgan fingerprint density at radius 3 is 2.53 bits per heavy atom. The van der Waals surface area contributed by atoms with Crippen molar-refractivity contribution in [2.75, 3.05) is 6.61 Å². The van der Waals surface area contributed by atoms with Crippen LogP contribution in [0.2, 0.25) is 0 Å². The minimum absolute atomic E-state index is 0.261. The van der Waals surface area contributed by atoms with E-state index in [1.165, 1.54) is 44.6 Å². The summed E-state index contributed by atoms with van der Waals surface area (Å²) in [6.45, 7) is 4.08. The molecule has 4 bridgehead atoms. The molecule has 4 rings (SSSR count). The van der Waals surface area contributed by atoms with Gasteiger partial charge in [0.25, 0.3) is 0 Å². The van der Waals surface area contributed by atoms with Crippen molar-refractivity contribution in [2.45, 2.75) is 41.9 Å². The lowest BCUT2D eigenvalue weighted by molar-refractivity contribution is -0.147. The molecule has 0 aliphatic heterocycles. The first-order valence-corrected chi connectivity index (χ1v) is 7.59. The molecule has 0 aromatic heterocycles. The average molecular weight is 346 g/mol. The van der Waals surface area contributed by atoms with E-state index in [1.54, 1.807) is 0 Å². The fourth-order valence-electron chi connectivity index (χ4n) is 4.79. The fourth-order valence-corrected chi connectivity index (χ4v) is 6.84. The lowest BCUT2D eigenvalue weighted by Crippen LogP contribution is -2.54. The van der Waals surface area contributed by atoms with Crippen LogP contribution in [0.3, 0.4) is 0 Å². The molecule has 2 nitrogen and oxygen atoms in total. The largest absolute Gasteiger partial charge is 0.462 e. The van der Waals surface area contributed by atoms with E-state index in [2.05, 4.69) is 29.2 Å². The van der Waals surface area contributed by atoms with Crippen molar-refractivity contribution in [1.82, 2.24) is 0 Å². The van der Waals surface area contributed by atoms with E-state index in [1.807, 2.05) is 0 Å². The molecule has 0 radical (unpaired) electrons. The number of alkyl halides is 1. The summed E-state index contributed by atoms with van der Waals surface area (Å²) < 4.78 is 5.86. The molecule has 0 heterocycles. The zero-order valence-corrected chi connectivity index (χ0v) is 12.2. The molecule has 4 fully saturated rings. The van der Waals surface area contributed by atoms with Gasteiger partial charge in [0, 0.05) is 14.9 Å². The molecule has 0 saturated heterocycles. The molecule has 2 atom stereocenters. The molecule has 17 heavy (non-hydrogen) atoms. The maximum Gasteiger partial charge on any atom is 0.330 e. The first-order valence-electron chi connectivity index (χ1n) is 6.51. The monoisotopic (exact) mass is 346 g/mol. The van der Waals surface area contributed by atoms with Gasteiger partial charge >= 0.3 is 5.97 Å². The summed E-state index contributed by atoms with van der Waals surface area (Å²) in [6, 6.07) is 0. The van der Waals surface area contributed by atoms with Crippen LogP contribution in [0.1, 0.15) is 38.5 Å². The molecule has 4 aliphatic carbocycles. The summed E-state index contributed by atoms with van der Waals surface area (Å²) in [7, 11) is 0. The van der Waals surface area contributed by atoms with Gasteiger partial charge in [0.2, 0.25) is 0 Å². The molecule has 4 saturated carbocycles. The second-order valence-corrected chi connectivity index (χ2v) is 8.71. The highest BCUT2D eigenvalue weighted by atomic mass is 127. The van der Waals surface area contributed by atoms with Crippen molar-refractivity contribution < 1.29 is 9.53 Å². The van der Waals surface area contributed by atoms with Crippen molar-refractivity contribution in [2.24, 2.45) is 17.3 Å². The molecule has 94 valence electrons. The van der Waals surface area contributed by atoms with E-state index in [-0.39, 0.29) is 5.97 Å². The number of carbonyl (C=O) groups excluding carboxylic acids is 1. The topological polar surface area (TPSA) is 26.3 Å². The van der Waals surface area contributed by atoms with Gasteiger partial charge in [0.1, 0.15) is 0 Å². The molecule has 0 amide bonds. The van der Waals surface area contributed by atoms with Gasteiger partial charge in [-0.3, -0.25) is 0 Å². The van der Waals surface area contributed by atoms with Crippen LogP contribution < -0.4 is 0 Å². The highest BCUT2D eigenvalue weighted by molar-refractivity contribution is 14.1. The number of halogens is 1. The van der Waals surface area contributed by atoms with E-state index in [0.29, 0.717) is 15.4 Å². The Hall–Kier alpha value is -0.0600. The van der Waals surface area contributed by atoms with Gasteiger partial charge in [-0.2, -0.15) is 0 Å². The molecule has 0 aromatic carbocycles. The lowest BCUT2D eigenvalue weighted by atomic mass is 9.50. The van der Waals surface area contributed by atoms with Crippen LogP contribution in [0.5, 0.6) is 0 Å². The zero-order chi connectivity index (χ0) is 12.1. The van der Waals surface area contributed by atoms with Gasteiger partial charge in [-0.15, -0.1) is 0 Å². The van der Waals surface area contributed by atoms with Gasteiger partial charge in [-0.05, 0) is 50.4 Å². The van der Waals surface area contributed by atoms with Gasteiger partial charge in [-0.1, -0.05) is 29.2 Å². The minimum Gasteiger partial charge on any atom is -0.462 e. The molecule has 0 N–H and O–H groups in total. The summed E-state index contributed by atoms with van der Waals surface area (Å²) in [5.41, 5.74) is 0.296. The summed E-state index contributed by atoms with van der Waals surface area (Å²) >= 11 is 2.68. The Balaban J connectivity index is 1.74. The number of carbonyl (C=O) groups is 1. The number of esters is 1. The van der Waals surface area contributed by atoms with Crippen molar-refractivity contribution >= 4 is 28.6 Å². The molecule has 0 aromatic rings. The van der Waals surface area contributed by atoms with Gasteiger partial charge < -0.3 is 4.74 Å². The van der Waals surface area contributed by atoms with Crippen LogP contribution in [0, 0.1) is 17.3 Å². The summed E-state index contributed by atoms with van der Waals surface area (Å²) in [4.78, 5) is 11.2. The smallest absolute Gasteiger partial charge is 0.330 e. The first kappa shape index (κ1) is 12.0. The Bertz CT molecular complexity index is 349. The Morgan fingerprint density at radius 1 is 1.35 bits per heavy atom. The zero-order valence-electron chi connectivity index (χ0n) is 10.1. The average Bonchev–Trinajstić information content (AvgIpc) is 2.22. The third-order valence-corrected chi connectivity index (χ3v) is 6.06. The van der Waals surface area contributed by atoms with Crippen molar-refractivity contribution in [3.63, 3.8) is 0 Å². The van der Waals surface area contributed by atoms with Crippen molar-refractivity contribution in [1.29, 1.82) is 0 Å². The predicted molar refractivity (Wildman–Crippen MR) is 75.0 cm³/mol. The third-order valence-electron chi connectivity index (χ3n) is 4.80. The molecule has 3 heteroatoms. The van der Waals surface area contributed by atoms with E-state index in [4.69, 9.17) is 4.74 Å². The Kier molecular flexibility index (Phi) is 2.80. The Morgan fingerprint density at radius 2 is 2.00 bits per heavy atom. The van der Waals surface area contributed by atoms with E-state index >= 15 is 0 Å². The summed E-state index contributed by atoms with van der Waals surface area (Å²) in [6.07, 6.45) is 9.28. The van der Waals surface area contributed by atoms with E-state index in [0.717, 1.165) is 11.8 Å². The highest BCUT2D eigenvalue weighted by Gasteiger charge is 2.57. The van der Waals surface area contributed by atoms with Crippen molar-refractivity contribution in [3.05, 3.63) is 12.7 Å². The first-order chi connectivity index (χ1) is 8.03. The molecular weight excluding hydrogens is 327 g/mol. The molecule has 4 aliphatic rings. The number of rotatable bonds is 3. The van der Waals surface area contributed by atoms with E-state index < -0.39 is 0 Å². The maximum absolute atomic E-state index is 11.2. The van der Waals surface area contributed by atoms with Crippen molar-refractivity contribution in [3.8, 4) is 0 Å². The van der Waals surface area contributed by atoms with Gasteiger partial charge in [-0.25, -0.2) is 4.79 Å². The summed E-state index contributed by atoms with van der Waals surface area (Å²) in [5, 5.41) is 0. The molecule has 0 spiro atoms. The number of ether oxygens (including phenoxy) is 1.